The molecule has 1 aliphatic heterocycles. The lowest BCUT2D eigenvalue weighted by molar-refractivity contribution is 0.0527. The maximum atomic E-state index is 12.8. The molecule has 31 heavy (non-hydrogen) atoms. The number of anilines is 2. The van der Waals surface area contributed by atoms with Gasteiger partial charge in [0.25, 0.3) is 0 Å². The van der Waals surface area contributed by atoms with Crippen LogP contribution in [0.1, 0.15) is 47.0 Å². The van der Waals surface area contributed by atoms with E-state index in [2.05, 4.69) is 15.1 Å². The second-order valence-corrected chi connectivity index (χ2v) is 9.40. The van der Waals surface area contributed by atoms with Gasteiger partial charge in [-0.3, -0.25) is 0 Å². The molecule has 0 saturated carbocycles. The Morgan fingerprint density at radius 1 is 1.13 bits per heavy atom. The molecule has 2 N–H and O–H groups in total. The summed E-state index contributed by atoms with van der Waals surface area (Å²) in [5.74, 6) is 0.0314. The van der Waals surface area contributed by atoms with Crippen molar-refractivity contribution < 1.29 is 14.6 Å². The number of hydrogen-bond acceptors (Lipinski definition) is 6. The van der Waals surface area contributed by atoms with Crippen LogP contribution in [0.25, 0.3) is 0 Å². The predicted octanol–water partition coefficient (Wildman–Crippen LogP) is 4.42. The van der Waals surface area contributed by atoms with Crippen LogP contribution in [-0.2, 0) is 17.6 Å². The highest BCUT2D eigenvalue weighted by atomic mass is 32.1. The summed E-state index contributed by atoms with van der Waals surface area (Å²) in [6, 6.07) is 7.30. The summed E-state index contributed by atoms with van der Waals surface area (Å²) in [5, 5.41) is 14.4. The van der Waals surface area contributed by atoms with Crippen molar-refractivity contribution in [3.8, 4) is 5.75 Å². The Morgan fingerprint density at radius 3 is 2.55 bits per heavy atom. The molecule has 0 atom stereocenters. The van der Waals surface area contributed by atoms with E-state index >= 15 is 0 Å². The Morgan fingerprint density at radius 2 is 1.84 bits per heavy atom. The van der Waals surface area contributed by atoms with Crippen molar-refractivity contribution in [2.75, 3.05) is 43.0 Å². The molecule has 2 aliphatic rings. The molecule has 1 aliphatic carbocycles. The third-order valence-electron chi connectivity index (χ3n) is 5.90. The van der Waals surface area contributed by atoms with Gasteiger partial charge in [-0.25, -0.2) is 4.79 Å². The van der Waals surface area contributed by atoms with E-state index in [1.165, 1.54) is 17.7 Å². The molecule has 2 aromatic rings. The fraction of sp³-hybridized carbons (Fsp3) is 0.478. The summed E-state index contributed by atoms with van der Waals surface area (Å²) in [6.07, 6.45) is 5.43. The minimum Gasteiger partial charge on any atom is -0.508 e. The maximum Gasteiger partial charge on any atom is 0.341 e. The van der Waals surface area contributed by atoms with Crippen LogP contribution in [0.4, 0.5) is 10.7 Å². The maximum absolute atomic E-state index is 12.8. The predicted molar refractivity (Wildman–Crippen MR) is 130 cm³/mol. The highest BCUT2D eigenvalue weighted by Crippen LogP contribution is 2.38. The Labute approximate surface area is 192 Å². The average molecular weight is 460 g/mol. The van der Waals surface area contributed by atoms with Crippen LogP contribution in [0.5, 0.6) is 5.75 Å². The fourth-order valence-electron chi connectivity index (χ4n) is 4.26. The number of esters is 1. The first-order valence-electron chi connectivity index (χ1n) is 11.0. The number of phenolic OH excluding ortho intramolecular Hbond substituents is 1. The number of thiophene rings is 1. The van der Waals surface area contributed by atoms with Gasteiger partial charge < -0.3 is 25.0 Å². The van der Waals surface area contributed by atoms with Crippen molar-refractivity contribution in [2.45, 2.75) is 39.0 Å². The number of piperazine rings is 1. The van der Waals surface area contributed by atoms with Crippen molar-refractivity contribution in [3.63, 3.8) is 0 Å². The van der Waals surface area contributed by atoms with E-state index < -0.39 is 0 Å². The molecule has 2 heterocycles. The third kappa shape index (κ3) is 4.96. The van der Waals surface area contributed by atoms with Gasteiger partial charge in [0.05, 0.1) is 12.2 Å². The van der Waals surface area contributed by atoms with Gasteiger partial charge in [0.2, 0.25) is 0 Å². The van der Waals surface area contributed by atoms with E-state index in [0.29, 0.717) is 17.3 Å². The molecule has 0 amide bonds. The molecule has 0 radical (unpaired) electrons. The lowest BCUT2D eigenvalue weighted by atomic mass is 10.1. The Balaban J connectivity index is 1.45. The van der Waals surface area contributed by atoms with E-state index in [9.17, 15) is 9.90 Å². The molecule has 0 unspecified atom stereocenters. The summed E-state index contributed by atoms with van der Waals surface area (Å²) in [5.41, 5.74) is 2.94. The first-order valence-corrected chi connectivity index (χ1v) is 12.2. The van der Waals surface area contributed by atoms with Crippen LogP contribution in [0.2, 0.25) is 0 Å². The zero-order valence-corrected chi connectivity index (χ0v) is 19.5. The molecule has 1 aromatic heterocycles. The van der Waals surface area contributed by atoms with Crippen LogP contribution in [-0.4, -0.2) is 53.9 Å². The van der Waals surface area contributed by atoms with E-state index in [4.69, 9.17) is 17.0 Å². The zero-order chi connectivity index (χ0) is 21.8. The standard InChI is InChI=1S/C23H29N3O3S2/c1-2-29-22(28)20-18-6-4-3-5-7-19(18)31-21(20)24-23(30)26-14-12-25(13-15-26)16-8-10-17(27)11-9-16/h8-11,27H,2-7,12-15H2,1H3,(H,24,30). The number of fused-ring (bicyclic) bond motifs is 1. The number of thiocarbonyl (C=S) groups is 1. The van der Waals surface area contributed by atoms with Crippen LogP contribution in [0, 0.1) is 0 Å². The van der Waals surface area contributed by atoms with Gasteiger partial charge in [0.1, 0.15) is 10.8 Å². The fourth-order valence-corrected chi connectivity index (χ4v) is 5.88. The number of nitrogens with one attached hydrogen (secondary N) is 1. The highest BCUT2D eigenvalue weighted by molar-refractivity contribution is 7.80. The Bertz CT molecular complexity index is 934. The molecule has 1 saturated heterocycles. The molecular weight excluding hydrogens is 430 g/mol. The highest BCUT2D eigenvalue weighted by Gasteiger charge is 2.27. The summed E-state index contributed by atoms with van der Waals surface area (Å²) in [7, 11) is 0. The first-order chi connectivity index (χ1) is 15.1. The SMILES string of the molecule is CCOC(=O)c1c(NC(=S)N2CCN(c3ccc(O)cc3)CC2)sc2c1CCCCC2. The summed E-state index contributed by atoms with van der Waals surface area (Å²) < 4.78 is 5.38. The monoisotopic (exact) mass is 459 g/mol. The summed E-state index contributed by atoms with van der Waals surface area (Å²) >= 11 is 7.38. The number of aryl methyl sites for hydroxylation is 1. The number of nitrogens with zero attached hydrogens (tertiary/aromatic N) is 2. The van der Waals surface area contributed by atoms with Gasteiger partial charge in [-0.05, 0) is 74.7 Å². The summed E-state index contributed by atoms with van der Waals surface area (Å²) in [6.45, 7) is 5.50. The number of benzene rings is 1. The number of carbonyl (C=O) groups excluding carboxylic acids is 1. The zero-order valence-electron chi connectivity index (χ0n) is 17.9. The topological polar surface area (TPSA) is 65.0 Å². The largest absolute Gasteiger partial charge is 0.508 e. The molecular formula is C23H29N3O3S2. The third-order valence-corrected chi connectivity index (χ3v) is 7.47. The molecule has 0 bridgehead atoms. The molecule has 6 nitrogen and oxygen atoms in total. The number of aromatic hydroxyl groups is 1. The Kier molecular flexibility index (Phi) is 6.97. The van der Waals surface area contributed by atoms with Gasteiger partial charge in [0, 0.05) is 36.7 Å². The van der Waals surface area contributed by atoms with Crippen LogP contribution >= 0.6 is 23.6 Å². The number of hydrogen-bond donors (Lipinski definition) is 2. The molecule has 8 heteroatoms. The van der Waals surface area contributed by atoms with E-state index in [1.54, 1.807) is 23.5 Å². The van der Waals surface area contributed by atoms with Gasteiger partial charge in [-0.2, -0.15) is 0 Å². The molecule has 0 spiro atoms. The number of rotatable bonds is 4. The number of ether oxygens (including phenoxy) is 1. The van der Waals surface area contributed by atoms with Gasteiger partial charge in [-0.15, -0.1) is 11.3 Å². The van der Waals surface area contributed by atoms with Crippen LogP contribution in [0.15, 0.2) is 24.3 Å². The van der Waals surface area contributed by atoms with Gasteiger partial charge in [0.15, 0.2) is 5.11 Å². The van der Waals surface area contributed by atoms with E-state index in [1.807, 2.05) is 19.1 Å². The van der Waals surface area contributed by atoms with Crippen molar-refractivity contribution in [3.05, 3.63) is 40.3 Å². The Hall–Kier alpha value is -2.32. The van der Waals surface area contributed by atoms with Crippen LogP contribution in [0.3, 0.4) is 0 Å². The smallest absolute Gasteiger partial charge is 0.341 e. The first kappa shape index (κ1) is 21.9. The molecule has 1 fully saturated rings. The second-order valence-electron chi connectivity index (χ2n) is 7.91. The van der Waals surface area contributed by atoms with E-state index in [0.717, 1.165) is 61.7 Å². The molecule has 4 rings (SSSR count). The minimum atomic E-state index is -0.246. The summed E-state index contributed by atoms with van der Waals surface area (Å²) in [4.78, 5) is 18.5. The normalized spacial score (nSPS) is 16.4. The van der Waals surface area contributed by atoms with E-state index in [-0.39, 0.29) is 11.7 Å². The lowest BCUT2D eigenvalue weighted by Crippen LogP contribution is -2.50. The quantitative estimate of drug-likeness (QED) is 0.399. The number of phenols is 1. The van der Waals surface area contributed by atoms with Crippen molar-refractivity contribution in [1.82, 2.24) is 4.90 Å². The van der Waals surface area contributed by atoms with Crippen LogP contribution < -0.4 is 10.2 Å². The lowest BCUT2D eigenvalue weighted by Gasteiger charge is -2.37. The second kappa shape index (κ2) is 9.87. The van der Waals surface area contributed by atoms with Gasteiger partial charge >= 0.3 is 5.97 Å². The average Bonchev–Trinajstić information content (AvgIpc) is 2.95. The number of carbonyl (C=O) groups is 1. The van der Waals surface area contributed by atoms with Crippen molar-refractivity contribution >= 4 is 45.3 Å². The van der Waals surface area contributed by atoms with Crippen molar-refractivity contribution in [2.24, 2.45) is 0 Å². The molecule has 166 valence electrons. The van der Waals surface area contributed by atoms with Crippen molar-refractivity contribution in [1.29, 1.82) is 0 Å². The molecule has 1 aromatic carbocycles. The minimum absolute atomic E-state index is 0.246. The van der Waals surface area contributed by atoms with Gasteiger partial charge in [-0.1, -0.05) is 6.42 Å².